The van der Waals surface area contributed by atoms with Gasteiger partial charge in [0.25, 0.3) is 11.5 Å². The van der Waals surface area contributed by atoms with E-state index in [9.17, 15) is 22.8 Å². The minimum absolute atomic E-state index is 0.00618. The predicted octanol–water partition coefficient (Wildman–Crippen LogP) is 1.34. The molecule has 3 rings (SSSR count). The molecule has 2 atom stereocenters. The number of pyridine rings is 1. The number of carbonyl (C=O) groups is 1. The van der Waals surface area contributed by atoms with E-state index in [-0.39, 0.29) is 24.6 Å². The van der Waals surface area contributed by atoms with Gasteiger partial charge in [-0.1, -0.05) is 0 Å². The van der Waals surface area contributed by atoms with Gasteiger partial charge in [-0.25, -0.2) is 23.1 Å². The van der Waals surface area contributed by atoms with Gasteiger partial charge in [-0.2, -0.15) is 0 Å². The summed E-state index contributed by atoms with van der Waals surface area (Å²) in [5, 5.41) is 2.53. The zero-order valence-corrected chi connectivity index (χ0v) is 15.0. The molecule has 2 aromatic heterocycles. The highest BCUT2D eigenvalue weighted by molar-refractivity contribution is 5.93. The quantitative estimate of drug-likeness (QED) is 0.718. The van der Waals surface area contributed by atoms with Crippen molar-refractivity contribution >= 4 is 17.5 Å². The van der Waals surface area contributed by atoms with Crippen LogP contribution >= 0.6 is 0 Å². The van der Waals surface area contributed by atoms with Crippen LogP contribution in [-0.4, -0.2) is 50.8 Å². The third kappa shape index (κ3) is 4.14. The van der Waals surface area contributed by atoms with Crippen LogP contribution in [0.4, 0.5) is 24.8 Å². The summed E-state index contributed by atoms with van der Waals surface area (Å²) in [7, 11) is 0. The molecule has 8 nitrogen and oxygen atoms in total. The van der Waals surface area contributed by atoms with Crippen LogP contribution < -0.4 is 16.6 Å². The maximum Gasteiger partial charge on any atom is 0.290 e. The van der Waals surface area contributed by atoms with Gasteiger partial charge >= 0.3 is 0 Å². The molecule has 11 heteroatoms. The second-order valence-corrected chi connectivity index (χ2v) is 6.63. The first-order chi connectivity index (χ1) is 13.2. The Hall–Kier alpha value is -2.95. The van der Waals surface area contributed by atoms with E-state index >= 15 is 0 Å². The van der Waals surface area contributed by atoms with Crippen LogP contribution in [0, 0.1) is 5.82 Å². The minimum atomic E-state index is -3.07. The molecule has 28 heavy (non-hydrogen) atoms. The Morgan fingerprint density at radius 1 is 1.46 bits per heavy atom. The molecule has 1 unspecified atom stereocenters. The summed E-state index contributed by atoms with van der Waals surface area (Å²) in [5.74, 6) is -5.63. The van der Waals surface area contributed by atoms with Crippen molar-refractivity contribution in [2.75, 3.05) is 24.1 Å². The van der Waals surface area contributed by atoms with Crippen molar-refractivity contribution in [3.8, 4) is 0 Å². The predicted molar refractivity (Wildman–Crippen MR) is 95.4 cm³/mol. The SMILES string of the molecule is CC(C(=O)Nc1ccc(F)cn1)N1CCC(F)(F)[C@@H](c2c[nH]c(=O)c(N)n2)C1. The topological polar surface area (TPSA) is 117 Å². The zero-order chi connectivity index (χ0) is 20.5. The van der Waals surface area contributed by atoms with Gasteiger partial charge in [-0.3, -0.25) is 14.5 Å². The number of aromatic nitrogens is 3. The molecule has 150 valence electrons. The lowest BCUT2D eigenvalue weighted by Gasteiger charge is -2.40. The van der Waals surface area contributed by atoms with Crippen LogP contribution in [0.2, 0.25) is 0 Å². The average Bonchev–Trinajstić information content (AvgIpc) is 2.65. The Bertz CT molecular complexity index is 918. The number of nitrogens with one attached hydrogen (secondary N) is 2. The molecule has 0 aliphatic carbocycles. The highest BCUT2D eigenvalue weighted by Crippen LogP contribution is 2.40. The van der Waals surface area contributed by atoms with Gasteiger partial charge in [-0.15, -0.1) is 0 Å². The van der Waals surface area contributed by atoms with E-state index in [0.29, 0.717) is 0 Å². The number of alkyl halides is 2. The third-order valence-corrected chi connectivity index (χ3v) is 4.76. The van der Waals surface area contributed by atoms with Crippen LogP contribution in [0.5, 0.6) is 0 Å². The minimum Gasteiger partial charge on any atom is -0.379 e. The highest BCUT2D eigenvalue weighted by Gasteiger charge is 2.47. The number of anilines is 2. The van der Waals surface area contributed by atoms with Crippen LogP contribution in [0.1, 0.15) is 25.0 Å². The molecule has 4 N–H and O–H groups in total. The van der Waals surface area contributed by atoms with Crippen LogP contribution in [0.25, 0.3) is 0 Å². The van der Waals surface area contributed by atoms with Gasteiger partial charge in [0.2, 0.25) is 5.91 Å². The molecule has 0 radical (unpaired) electrons. The van der Waals surface area contributed by atoms with Gasteiger partial charge in [0.15, 0.2) is 5.82 Å². The first-order valence-electron chi connectivity index (χ1n) is 8.57. The largest absolute Gasteiger partial charge is 0.379 e. The van der Waals surface area contributed by atoms with Gasteiger partial charge in [0, 0.05) is 25.7 Å². The van der Waals surface area contributed by atoms with Gasteiger partial charge in [-0.05, 0) is 19.1 Å². The van der Waals surface area contributed by atoms with Crippen molar-refractivity contribution in [2.45, 2.75) is 31.2 Å². The molecule has 1 saturated heterocycles. The van der Waals surface area contributed by atoms with Crippen molar-refractivity contribution in [2.24, 2.45) is 0 Å². The fraction of sp³-hybridized carbons (Fsp3) is 0.412. The summed E-state index contributed by atoms with van der Waals surface area (Å²) < 4.78 is 41.8. The number of halogens is 3. The van der Waals surface area contributed by atoms with Gasteiger partial charge < -0.3 is 16.0 Å². The number of hydrogen-bond acceptors (Lipinski definition) is 6. The van der Waals surface area contributed by atoms with Crippen molar-refractivity contribution in [3.63, 3.8) is 0 Å². The maximum absolute atomic E-state index is 14.5. The van der Waals surface area contributed by atoms with Crippen molar-refractivity contribution in [1.29, 1.82) is 0 Å². The molecule has 0 bridgehead atoms. The molecule has 3 heterocycles. The summed E-state index contributed by atoms with van der Waals surface area (Å²) in [6.07, 6.45) is 1.60. The maximum atomic E-state index is 14.5. The standard InChI is InChI=1S/C17H19F3N6O2/c1-9(15(27)25-13-3-2-10(18)6-22-13)26-5-4-17(19,20)11(8-26)12-7-23-16(28)14(21)24-12/h2-3,6-7,9,11H,4-5,8H2,1H3,(H2,21,24)(H,23,28)(H,22,25,27)/t9?,11-/m1/s1. The number of rotatable bonds is 4. The van der Waals surface area contributed by atoms with Crippen molar-refractivity contribution in [3.05, 3.63) is 46.4 Å². The van der Waals surface area contributed by atoms with E-state index in [1.165, 1.54) is 6.07 Å². The second-order valence-electron chi connectivity index (χ2n) is 6.63. The number of nitrogens with two attached hydrogens (primary N) is 1. The van der Waals surface area contributed by atoms with Crippen LogP contribution in [-0.2, 0) is 4.79 Å². The first kappa shape index (κ1) is 19.8. The molecule has 1 aliphatic heterocycles. The molecule has 0 aromatic carbocycles. The monoisotopic (exact) mass is 396 g/mol. The normalized spacial score (nSPS) is 20.5. The van der Waals surface area contributed by atoms with E-state index in [2.05, 4.69) is 20.3 Å². The number of hydrogen-bond donors (Lipinski definition) is 3. The number of nitrogens with zero attached hydrogens (tertiary/aromatic N) is 3. The molecule has 1 amide bonds. The molecule has 0 saturated carbocycles. The molecular weight excluding hydrogens is 377 g/mol. The molecule has 1 fully saturated rings. The fourth-order valence-corrected chi connectivity index (χ4v) is 3.05. The summed E-state index contributed by atoms with van der Waals surface area (Å²) in [6, 6.07) is 1.71. The molecular formula is C17H19F3N6O2. The Balaban J connectivity index is 1.75. The van der Waals surface area contributed by atoms with Crippen molar-refractivity contribution in [1.82, 2.24) is 19.9 Å². The average molecular weight is 396 g/mol. The fourth-order valence-electron chi connectivity index (χ4n) is 3.05. The van der Waals surface area contributed by atoms with Gasteiger partial charge in [0.1, 0.15) is 11.6 Å². The summed E-state index contributed by atoms with van der Waals surface area (Å²) in [5.41, 5.74) is 4.75. The van der Waals surface area contributed by atoms with Gasteiger partial charge in [0.05, 0.1) is 23.9 Å². The zero-order valence-electron chi connectivity index (χ0n) is 15.0. The van der Waals surface area contributed by atoms with E-state index in [1.54, 1.807) is 11.8 Å². The molecule has 2 aromatic rings. The molecule has 1 aliphatic rings. The van der Waals surface area contributed by atoms with E-state index < -0.39 is 47.4 Å². The summed E-state index contributed by atoms with van der Waals surface area (Å²) in [6.45, 7) is 1.42. The summed E-state index contributed by atoms with van der Waals surface area (Å²) in [4.78, 5) is 35.2. The van der Waals surface area contributed by atoms with E-state index in [4.69, 9.17) is 5.73 Å². The van der Waals surface area contributed by atoms with Crippen LogP contribution in [0.15, 0.2) is 29.3 Å². The number of H-pyrrole nitrogens is 1. The smallest absolute Gasteiger partial charge is 0.290 e. The number of amides is 1. The van der Waals surface area contributed by atoms with Crippen molar-refractivity contribution < 1.29 is 18.0 Å². The van der Waals surface area contributed by atoms with E-state index in [1.807, 2.05) is 0 Å². The lowest BCUT2D eigenvalue weighted by molar-refractivity contribution is -0.125. The first-order valence-corrected chi connectivity index (χ1v) is 8.57. The lowest BCUT2D eigenvalue weighted by Crippen LogP contribution is -2.52. The van der Waals surface area contributed by atoms with Crippen LogP contribution in [0.3, 0.4) is 0 Å². The number of aromatic amines is 1. The number of piperidine rings is 1. The van der Waals surface area contributed by atoms with E-state index in [0.717, 1.165) is 18.5 Å². The highest BCUT2D eigenvalue weighted by atomic mass is 19.3. The molecule has 0 spiro atoms. The number of likely N-dealkylation sites (tertiary alicyclic amines) is 1. The summed E-state index contributed by atoms with van der Waals surface area (Å²) >= 11 is 0. The Morgan fingerprint density at radius 3 is 2.86 bits per heavy atom. The Morgan fingerprint density at radius 2 is 2.21 bits per heavy atom. The lowest BCUT2D eigenvalue weighted by atomic mass is 9.90. The number of nitrogen functional groups attached to an aromatic ring is 1. The third-order valence-electron chi connectivity index (χ3n) is 4.76. The Labute approximate surface area is 158 Å². The Kier molecular flexibility index (Phi) is 5.36. The second kappa shape index (κ2) is 7.58. The number of carbonyl (C=O) groups excluding carboxylic acids is 1.